The monoisotopic (exact) mass is 510 g/mol. The molecule has 1 fully saturated rings. The summed E-state index contributed by atoms with van der Waals surface area (Å²) in [5.74, 6) is -4.06. The molecule has 0 aromatic carbocycles. The molecule has 0 bridgehead atoms. The van der Waals surface area contributed by atoms with Gasteiger partial charge in [0.15, 0.2) is 10.8 Å². The van der Waals surface area contributed by atoms with Gasteiger partial charge in [-0.25, -0.2) is 0 Å². The molecule has 0 amide bonds. The van der Waals surface area contributed by atoms with Gasteiger partial charge < -0.3 is 18.9 Å². The molecule has 0 spiro atoms. The van der Waals surface area contributed by atoms with Gasteiger partial charge in [-0.1, -0.05) is 62.3 Å². The fourth-order valence-electron chi connectivity index (χ4n) is 4.89. The van der Waals surface area contributed by atoms with E-state index in [9.17, 15) is 19.2 Å². The molecule has 1 saturated carbocycles. The second-order valence-corrected chi connectivity index (χ2v) is 13.9. The normalized spacial score (nSPS) is 18.0. The zero-order chi connectivity index (χ0) is 26.9. The molecule has 0 radical (unpaired) electrons. The number of esters is 4. The van der Waals surface area contributed by atoms with Crippen molar-refractivity contribution in [1.29, 1.82) is 0 Å². The molecule has 0 aromatic heterocycles. The second kappa shape index (κ2) is 13.0. The first-order chi connectivity index (χ1) is 16.6. The summed E-state index contributed by atoms with van der Waals surface area (Å²) in [5.41, 5.74) is -1.26. The molecule has 1 rings (SSSR count). The summed E-state index contributed by atoms with van der Waals surface area (Å²) in [6, 6.07) is 2.89. The van der Waals surface area contributed by atoms with Crippen LogP contribution in [0.3, 0.4) is 0 Å². The summed E-state index contributed by atoms with van der Waals surface area (Å²) >= 11 is 0. The predicted octanol–water partition coefficient (Wildman–Crippen LogP) is 4.54. The van der Waals surface area contributed by atoms with Crippen LogP contribution in [0.1, 0.15) is 61.3 Å². The number of carbonyl (C=O) groups excluding carboxylic acids is 4. The molecule has 198 valence electrons. The summed E-state index contributed by atoms with van der Waals surface area (Å²) in [5, 5.41) is 0. The number of carbonyl (C=O) groups is 4. The SMILES string of the molecule is C=C1CC(C(=O)OCC)(C(=O)OCC)C(C(=O)OCC)(C(=O)OCC)C/C1=C\[Si](CC)(CC)CC. The highest BCUT2D eigenvalue weighted by atomic mass is 28.3. The quantitative estimate of drug-likeness (QED) is 0.163. The molecule has 0 saturated heterocycles. The number of ether oxygens (including phenoxy) is 4. The Morgan fingerprint density at radius 2 is 1.00 bits per heavy atom. The average molecular weight is 511 g/mol. The van der Waals surface area contributed by atoms with E-state index >= 15 is 0 Å². The number of rotatable bonds is 12. The van der Waals surface area contributed by atoms with E-state index in [4.69, 9.17) is 18.9 Å². The van der Waals surface area contributed by atoms with Gasteiger partial charge in [-0.3, -0.25) is 19.2 Å². The minimum atomic E-state index is -2.32. The molecular weight excluding hydrogens is 468 g/mol. The first-order valence-electron chi connectivity index (χ1n) is 12.6. The Bertz CT molecular complexity index is 796. The minimum Gasteiger partial charge on any atom is -0.465 e. The third-order valence-corrected chi connectivity index (χ3v) is 12.4. The third-order valence-electron chi connectivity index (χ3n) is 7.21. The molecule has 1 aliphatic rings. The van der Waals surface area contributed by atoms with Crippen molar-refractivity contribution in [3.05, 3.63) is 23.4 Å². The minimum absolute atomic E-state index is 0.0563. The first kappa shape index (κ1) is 30.6. The lowest BCUT2D eigenvalue weighted by Gasteiger charge is -2.47. The Labute approximate surface area is 210 Å². The van der Waals surface area contributed by atoms with Crippen molar-refractivity contribution in [3.63, 3.8) is 0 Å². The smallest absolute Gasteiger partial charge is 0.325 e. The van der Waals surface area contributed by atoms with Crippen LogP contribution >= 0.6 is 0 Å². The molecule has 0 unspecified atom stereocenters. The van der Waals surface area contributed by atoms with Gasteiger partial charge in [0.05, 0.1) is 34.5 Å². The molecule has 0 atom stereocenters. The largest absolute Gasteiger partial charge is 0.465 e. The van der Waals surface area contributed by atoms with Gasteiger partial charge in [0, 0.05) is 12.8 Å². The Kier molecular flexibility index (Phi) is 11.4. The van der Waals surface area contributed by atoms with Crippen molar-refractivity contribution in [1.82, 2.24) is 0 Å². The van der Waals surface area contributed by atoms with Gasteiger partial charge in [-0.05, 0) is 27.7 Å². The predicted molar refractivity (Wildman–Crippen MR) is 135 cm³/mol. The fourth-order valence-corrected chi connectivity index (χ4v) is 8.05. The van der Waals surface area contributed by atoms with Crippen LogP contribution in [0.15, 0.2) is 23.4 Å². The topological polar surface area (TPSA) is 105 Å². The van der Waals surface area contributed by atoms with E-state index in [1.165, 1.54) is 0 Å². The zero-order valence-electron chi connectivity index (χ0n) is 22.4. The molecule has 9 heteroatoms. The van der Waals surface area contributed by atoms with E-state index in [0.717, 1.165) is 18.1 Å². The molecule has 8 nitrogen and oxygen atoms in total. The van der Waals surface area contributed by atoms with Crippen LogP contribution < -0.4 is 0 Å². The molecular formula is C26H42O8Si. The molecule has 0 heterocycles. The van der Waals surface area contributed by atoms with Crippen molar-refractivity contribution in [3.8, 4) is 0 Å². The molecule has 1 aliphatic carbocycles. The van der Waals surface area contributed by atoms with Gasteiger partial charge in [0.25, 0.3) is 0 Å². The summed E-state index contributed by atoms with van der Waals surface area (Å²) in [6.07, 6.45) is -0.564. The van der Waals surface area contributed by atoms with E-state index in [2.05, 4.69) is 33.0 Å². The first-order valence-corrected chi connectivity index (χ1v) is 15.3. The maximum Gasteiger partial charge on any atom is 0.325 e. The summed E-state index contributed by atoms with van der Waals surface area (Å²) in [7, 11) is -1.91. The highest BCUT2D eigenvalue weighted by Gasteiger charge is 2.75. The summed E-state index contributed by atoms with van der Waals surface area (Å²) < 4.78 is 21.3. The lowest BCUT2D eigenvalue weighted by molar-refractivity contribution is -0.204. The van der Waals surface area contributed by atoms with Gasteiger partial charge in [-0.2, -0.15) is 0 Å². The lowest BCUT2D eigenvalue weighted by atomic mass is 9.53. The average Bonchev–Trinajstić information content (AvgIpc) is 2.83. The van der Waals surface area contributed by atoms with Gasteiger partial charge >= 0.3 is 23.9 Å². The Hall–Kier alpha value is -2.42. The fraction of sp³-hybridized carbons (Fsp3) is 0.692. The molecule has 0 N–H and O–H groups in total. The van der Waals surface area contributed by atoms with Gasteiger partial charge in [0.1, 0.15) is 0 Å². The van der Waals surface area contributed by atoms with Crippen molar-refractivity contribution >= 4 is 32.0 Å². The second-order valence-electron chi connectivity index (χ2n) is 8.74. The van der Waals surface area contributed by atoms with E-state index in [-0.39, 0.29) is 39.3 Å². The van der Waals surface area contributed by atoms with Crippen LogP contribution in [0.5, 0.6) is 0 Å². The van der Waals surface area contributed by atoms with Crippen LogP contribution in [0, 0.1) is 10.8 Å². The Balaban J connectivity index is 4.12. The zero-order valence-corrected chi connectivity index (χ0v) is 23.4. The van der Waals surface area contributed by atoms with Gasteiger partial charge in [0.2, 0.25) is 0 Å². The van der Waals surface area contributed by atoms with E-state index < -0.39 is 42.8 Å². The van der Waals surface area contributed by atoms with Gasteiger partial charge in [-0.15, -0.1) is 0 Å². The van der Waals surface area contributed by atoms with Crippen molar-refractivity contribution in [2.75, 3.05) is 26.4 Å². The number of allylic oxidation sites excluding steroid dienone is 2. The van der Waals surface area contributed by atoms with E-state index in [0.29, 0.717) is 11.1 Å². The van der Waals surface area contributed by atoms with Crippen molar-refractivity contribution < 1.29 is 38.1 Å². The highest BCUT2D eigenvalue weighted by Crippen LogP contribution is 2.57. The highest BCUT2D eigenvalue weighted by molar-refractivity contribution is 6.84. The Morgan fingerprint density at radius 1 is 0.686 bits per heavy atom. The number of hydrogen-bond acceptors (Lipinski definition) is 8. The van der Waals surface area contributed by atoms with Crippen LogP contribution in [-0.2, 0) is 38.1 Å². The molecule has 0 aromatic rings. The van der Waals surface area contributed by atoms with E-state index in [1.807, 2.05) is 0 Å². The summed E-state index contributed by atoms with van der Waals surface area (Å²) in [4.78, 5) is 54.6. The molecule has 0 aliphatic heterocycles. The van der Waals surface area contributed by atoms with E-state index in [1.54, 1.807) is 27.7 Å². The maximum atomic E-state index is 13.7. The van der Waals surface area contributed by atoms with Crippen LogP contribution in [0.2, 0.25) is 18.1 Å². The number of hydrogen-bond donors (Lipinski definition) is 0. The van der Waals surface area contributed by atoms with Crippen LogP contribution in [-0.4, -0.2) is 58.4 Å². The van der Waals surface area contributed by atoms with Crippen molar-refractivity contribution in [2.24, 2.45) is 10.8 Å². The Morgan fingerprint density at radius 3 is 1.29 bits per heavy atom. The third kappa shape index (κ3) is 5.55. The maximum absolute atomic E-state index is 13.7. The van der Waals surface area contributed by atoms with Crippen LogP contribution in [0.4, 0.5) is 0 Å². The van der Waals surface area contributed by atoms with Crippen molar-refractivity contribution in [2.45, 2.75) is 79.4 Å². The van der Waals surface area contributed by atoms with Crippen LogP contribution in [0.25, 0.3) is 0 Å². The summed E-state index contributed by atoms with van der Waals surface area (Å²) in [6.45, 7) is 16.7. The lowest BCUT2D eigenvalue weighted by Crippen LogP contribution is -2.64. The standard InChI is InChI=1S/C26H42O8Si/c1-9-31-21(27)25(22(28)32-10-2)16-19(8)20(18-35(13-5,14-6)15-7)17-26(25,23(29)33-11-3)24(30)34-12-4/h18H,8-17H2,1-7H3/b20-18+. The molecule has 35 heavy (non-hydrogen) atoms.